The van der Waals surface area contributed by atoms with E-state index in [0.29, 0.717) is 16.0 Å². The number of rotatable bonds is 4. The van der Waals surface area contributed by atoms with Crippen LogP contribution in [0.1, 0.15) is 10.4 Å². The van der Waals surface area contributed by atoms with Crippen molar-refractivity contribution in [1.29, 1.82) is 0 Å². The summed E-state index contributed by atoms with van der Waals surface area (Å²) in [7, 11) is 2.55. The number of aldehydes is 1. The molecule has 0 spiro atoms. The molecular formula is C9H10BClO3. The van der Waals surface area contributed by atoms with Crippen molar-refractivity contribution in [2.45, 2.75) is 0 Å². The Hall–Kier alpha value is -0.835. The summed E-state index contributed by atoms with van der Waals surface area (Å²) in [6, 6.07) is 4.96. The predicted octanol–water partition coefficient (Wildman–Crippen LogP) is 1.14. The zero-order valence-corrected chi connectivity index (χ0v) is 8.75. The van der Waals surface area contributed by atoms with E-state index in [9.17, 15) is 4.79 Å². The van der Waals surface area contributed by atoms with Crippen LogP contribution in [0.3, 0.4) is 0 Å². The van der Waals surface area contributed by atoms with Crippen molar-refractivity contribution in [3.8, 4) is 0 Å². The van der Waals surface area contributed by atoms with E-state index in [2.05, 4.69) is 0 Å². The maximum absolute atomic E-state index is 10.5. The van der Waals surface area contributed by atoms with Gasteiger partial charge in [0.15, 0.2) is 0 Å². The number of halogens is 1. The highest BCUT2D eigenvalue weighted by Crippen LogP contribution is 2.09. The SMILES string of the molecule is COB(OC)c1ccc(C=O)cc1Cl. The average molecular weight is 212 g/mol. The molecule has 0 heterocycles. The molecule has 0 radical (unpaired) electrons. The Bertz CT molecular complexity index is 326. The lowest BCUT2D eigenvalue weighted by Gasteiger charge is -2.10. The molecule has 1 aromatic carbocycles. The highest BCUT2D eigenvalue weighted by atomic mass is 35.5. The molecule has 0 bridgehead atoms. The summed E-state index contributed by atoms with van der Waals surface area (Å²) in [5.41, 5.74) is 1.24. The van der Waals surface area contributed by atoms with Gasteiger partial charge >= 0.3 is 7.12 Å². The highest BCUT2D eigenvalue weighted by molar-refractivity contribution is 6.64. The predicted molar refractivity (Wildman–Crippen MR) is 56.2 cm³/mol. The maximum Gasteiger partial charge on any atom is 0.494 e. The van der Waals surface area contributed by atoms with E-state index in [4.69, 9.17) is 20.9 Å². The lowest BCUT2D eigenvalue weighted by molar-refractivity contribution is 0.112. The lowest BCUT2D eigenvalue weighted by Crippen LogP contribution is -2.35. The second-order valence-electron chi connectivity index (χ2n) is 2.70. The van der Waals surface area contributed by atoms with Crippen LogP contribution in [0.25, 0.3) is 0 Å². The molecular weight excluding hydrogens is 202 g/mol. The third-order valence-electron chi connectivity index (χ3n) is 1.84. The summed E-state index contributed by atoms with van der Waals surface area (Å²) >= 11 is 5.94. The second kappa shape index (κ2) is 5.15. The minimum atomic E-state index is -0.497. The minimum absolute atomic E-state index is 0.461. The summed E-state index contributed by atoms with van der Waals surface area (Å²) in [5, 5.41) is 0.461. The van der Waals surface area contributed by atoms with Gasteiger partial charge in [0, 0.05) is 30.3 Å². The van der Waals surface area contributed by atoms with Gasteiger partial charge in [-0.3, -0.25) is 4.79 Å². The van der Waals surface area contributed by atoms with Crippen LogP contribution in [-0.4, -0.2) is 27.6 Å². The molecule has 0 aromatic heterocycles. The molecule has 1 rings (SSSR count). The van der Waals surface area contributed by atoms with E-state index >= 15 is 0 Å². The minimum Gasteiger partial charge on any atom is -0.410 e. The number of benzene rings is 1. The molecule has 5 heteroatoms. The quantitative estimate of drug-likeness (QED) is 0.555. The first-order valence-corrected chi connectivity index (χ1v) is 4.41. The molecule has 0 aliphatic carbocycles. The van der Waals surface area contributed by atoms with Crippen LogP contribution < -0.4 is 5.46 Å². The molecule has 0 saturated carbocycles. The molecule has 14 heavy (non-hydrogen) atoms. The molecule has 0 saturated heterocycles. The van der Waals surface area contributed by atoms with Crippen molar-refractivity contribution in [3.05, 3.63) is 28.8 Å². The van der Waals surface area contributed by atoms with E-state index in [0.717, 1.165) is 6.29 Å². The summed E-state index contributed by atoms with van der Waals surface area (Å²) in [4.78, 5) is 10.5. The van der Waals surface area contributed by atoms with Crippen molar-refractivity contribution in [3.63, 3.8) is 0 Å². The molecule has 0 fully saturated rings. The van der Waals surface area contributed by atoms with Gasteiger partial charge in [0.05, 0.1) is 0 Å². The van der Waals surface area contributed by atoms with Crippen molar-refractivity contribution < 1.29 is 14.1 Å². The zero-order chi connectivity index (χ0) is 10.6. The van der Waals surface area contributed by atoms with Gasteiger partial charge in [-0.25, -0.2) is 0 Å². The van der Waals surface area contributed by atoms with Crippen molar-refractivity contribution >= 4 is 30.5 Å². The fraction of sp³-hybridized carbons (Fsp3) is 0.222. The molecule has 0 aliphatic rings. The Labute approximate surface area is 88.1 Å². The monoisotopic (exact) mass is 212 g/mol. The van der Waals surface area contributed by atoms with Crippen LogP contribution in [0.2, 0.25) is 5.02 Å². The molecule has 0 atom stereocenters. The molecule has 1 aromatic rings. The normalized spacial score (nSPS) is 9.93. The van der Waals surface area contributed by atoms with Gasteiger partial charge in [0.25, 0.3) is 0 Å². The van der Waals surface area contributed by atoms with Crippen LogP contribution in [0.5, 0.6) is 0 Å². The van der Waals surface area contributed by atoms with Gasteiger partial charge < -0.3 is 9.31 Å². The lowest BCUT2D eigenvalue weighted by atomic mass is 9.78. The average Bonchev–Trinajstić information content (AvgIpc) is 2.22. The Balaban J connectivity index is 3.03. The van der Waals surface area contributed by atoms with E-state index in [1.807, 2.05) is 0 Å². The summed E-state index contributed by atoms with van der Waals surface area (Å²) in [6.45, 7) is 0. The van der Waals surface area contributed by atoms with Crippen molar-refractivity contribution in [1.82, 2.24) is 0 Å². The third kappa shape index (κ3) is 2.35. The molecule has 0 aliphatic heterocycles. The van der Waals surface area contributed by atoms with E-state index in [1.54, 1.807) is 18.2 Å². The zero-order valence-electron chi connectivity index (χ0n) is 7.99. The van der Waals surface area contributed by atoms with Crippen molar-refractivity contribution in [2.75, 3.05) is 14.2 Å². The first kappa shape index (κ1) is 11.2. The smallest absolute Gasteiger partial charge is 0.410 e. The number of hydrogen-bond acceptors (Lipinski definition) is 3. The Morgan fingerprint density at radius 1 is 1.36 bits per heavy atom. The van der Waals surface area contributed by atoms with Crippen LogP contribution in [0.4, 0.5) is 0 Å². The van der Waals surface area contributed by atoms with E-state index in [1.165, 1.54) is 14.2 Å². The standard InChI is InChI=1S/C9H10BClO3/c1-13-10(14-2)8-4-3-7(6-12)5-9(8)11/h3-6H,1-2H3. The topological polar surface area (TPSA) is 35.5 Å². The fourth-order valence-corrected chi connectivity index (χ4v) is 1.44. The second-order valence-corrected chi connectivity index (χ2v) is 3.11. The Morgan fingerprint density at radius 3 is 2.43 bits per heavy atom. The van der Waals surface area contributed by atoms with Gasteiger partial charge in [-0.1, -0.05) is 23.7 Å². The fourth-order valence-electron chi connectivity index (χ4n) is 1.16. The van der Waals surface area contributed by atoms with E-state index < -0.39 is 7.12 Å². The molecule has 74 valence electrons. The van der Waals surface area contributed by atoms with Crippen molar-refractivity contribution in [2.24, 2.45) is 0 Å². The number of carbonyl (C=O) groups is 1. The van der Waals surface area contributed by atoms with Crippen LogP contribution in [-0.2, 0) is 9.31 Å². The van der Waals surface area contributed by atoms with E-state index in [-0.39, 0.29) is 0 Å². The first-order chi connectivity index (χ1) is 6.72. The Kier molecular flexibility index (Phi) is 4.13. The van der Waals surface area contributed by atoms with Crippen LogP contribution in [0.15, 0.2) is 18.2 Å². The van der Waals surface area contributed by atoms with Gasteiger partial charge in [0.1, 0.15) is 6.29 Å². The highest BCUT2D eigenvalue weighted by Gasteiger charge is 2.20. The molecule has 0 amide bonds. The summed E-state index contributed by atoms with van der Waals surface area (Å²) in [5.74, 6) is 0. The van der Waals surface area contributed by atoms with Crippen LogP contribution in [0, 0.1) is 0 Å². The summed E-state index contributed by atoms with van der Waals surface area (Å²) in [6.07, 6.45) is 0.740. The molecule has 0 unspecified atom stereocenters. The maximum atomic E-state index is 10.5. The first-order valence-electron chi connectivity index (χ1n) is 4.03. The van der Waals surface area contributed by atoms with Gasteiger partial charge in [-0.15, -0.1) is 0 Å². The number of hydrogen-bond donors (Lipinski definition) is 0. The Morgan fingerprint density at radius 2 is 2.00 bits per heavy atom. The third-order valence-corrected chi connectivity index (χ3v) is 2.17. The molecule has 3 nitrogen and oxygen atoms in total. The van der Waals surface area contributed by atoms with Gasteiger partial charge in [-0.05, 0) is 6.07 Å². The van der Waals surface area contributed by atoms with Gasteiger partial charge in [0.2, 0.25) is 0 Å². The number of carbonyl (C=O) groups excluding carboxylic acids is 1. The summed E-state index contributed by atoms with van der Waals surface area (Å²) < 4.78 is 10.1. The van der Waals surface area contributed by atoms with Gasteiger partial charge in [-0.2, -0.15) is 0 Å². The van der Waals surface area contributed by atoms with Crippen LogP contribution >= 0.6 is 11.6 Å². The largest absolute Gasteiger partial charge is 0.494 e. The molecule has 0 N–H and O–H groups in total.